The molecule has 3 heterocycles. The summed E-state index contributed by atoms with van der Waals surface area (Å²) >= 11 is 0. The van der Waals surface area contributed by atoms with Gasteiger partial charge in [-0.25, -0.2) is 0 Å². The van der Waals surface area contributed by atoms with E-state index in [1.165, 1.54) is 16.7 Å². The number of aromatic nitrogens is 3. The number of likely N-dealkylation sites (N-methyl/N-ethyl adjacent to an activating group) is 1. The number of aliphatic hydroxyl groups is 1. The Kier molecular flexibility index (Phi) is 4.22. The minimum Gasteiger partial charge on any atom is -0.503 e. The molecule has 0 bridgehead atoms. The van der Waals surface area contributed by atoms with Gasteiger partial charge in [0.05, 0.1) is 23.9 Å². The first-order chi connectivity index (χ1) is 14.1. The Morgan fingerprint density at radius 2 is 1.86 bits per heavy atom. The predicted molar refractivity (Wildman–Crippen MR) is 107 cm³/mol. The maximum absolute atomic E-state index is 12.0. The van der Waals surface area contributed by atoms with Gasteiger partial charge in [0.25, 0.3) is 0 Å². The van der Waals surface area contributed by atoms with Crippen molar-refractivity contribution in [3.63, 3.8) is 0 Å². The van der Waals surface area contributed by atoms with E-state index in [-0.39, 0.29) is 17.7 Å². The lowest BCUT2D eigenvalue weighted by atomic mass is 9.84. The molecular weight excluding hydrogens is 368 g/mol. The van der Waals surface area contributed by atoms with E-state index in [0.29, 0.717) is 6.54 Å². The minimum absolute atomic E-state index is 0.118. The molecule has 148 valence electrons. The van der Waals surface area contributed by atoms with Crippen LogP contribution >= 0.6 is 0 Å². The molecule has 2 aromatic heterocycles. The van der Waals surface area contributed by atoms with Gasteiger partial charge in [-0.05, 0) is 42.6 Å². The molecule has 0 radical (unpaired) electrons. The van der Waals surface area contributed by atoms with Crippen LogP contribution in [0.25, 0.3) is 0 Å². The zero-order valence-electron chi connectivity index (χ0n) is 16.1. The number of aliphatic hydroxyl groups excluding tert-OH is 1. The molecular formula is C22H22N4O3. The van der Waals surface area contributed by atoms with Crippen LogP contribution in [0.15, 0.2) is 53.6 Å². The standard InChI is InChI=1S/C22H22N4O3/c1-25-12-16(26-20(22(25)29)21(28)17(27)11-24-26)18-15-7-3-2-5-13(15)8-9-14-6-4-10-23-19(14)18/h2-7,10-11,16,18,22,28-29H,8-9,12H2,1H3. The third-order valence-electron chi connectivity index (χ3n) is 6.13. The lowest BCUT2D eigenvalue weighted by molar-refractivity contribution is -0.0237. The van der Waals surface area contributed by atoms with Crippen LogP contribution in [0.4, 0.5) is 0 Å². The first kappa shape index (κ1) is 18.0. The Hall–Kier alpha value is -3.03. The molecule has 7 nitrogen and oxygen atoms in total. The Labute approximate surface area is 167 Å². The lowest BCUT2D eigenvalue weighted by Gasteiger charge is -2.40. The highest BCUT2D eigenvalue weighted by atomic mass is 16.3. The van der Waals surface area contributed by atoms with Crippen molar-refractivity contribution in [2.75, 3.05) is 13.6 Å². The van der Waals surface area contributed by atoms with Crippen LogP contribution in [0.2, 0.25) is 0 Å². The van der Waals surface area contributed by atoms with Crippen LogP contribution in [0.5, 0.6) is 5.75 Å². The lowest BCUT2D eigenvalue weighted by Crippen LogP contribution is -2.43. The fourth-order valence-electron chi connectivity index (χ4n) is 4.72. The van der Waals surface area contributed by atoms with Gasteiger partial charge in [-0.15, -0.1) is 0 Å². The van der Waals surface area contributed by atoms with E-state index in [1.54, 1.807) is 22.8 Å². The molecule has 1 aliphatic carbocycles. The highest BCUT2D eigenvalue weighted by Crippen LogP contribution is 2.44. The SMILES string of the molecule is CN1CC(C2c3ccccc3CCc3cccnc32)n2ncc(=O)c(O)c2C1O. The maximum atomic E-state index is 12.0. The number of aryl methyl sites for hydroxylation is 2. The Balaban J connectivity index is 1.78. The van der Waals surface area contributed by atoms with Gasteiger partial charge in [0, 0.05) is 12.7 Å². The normalized spacial score (nSPS) is 23.6. The number of hydrogen-bond acceptors (Lipinski definition) is 6. The molecule has 29 heavy (non-hydrogen) atoms. The molecule has 2 N–H and O–H groups in total. The van der Waals surface area contributed by atoms with Crippen molar-refractivity contribution >= 4 is 0 Å². The van der Waals surface area contributed by atoms with E-state index in [2.05, 4.69) is 23.3 Å². The van der Waals surface area contributed by atoms with Gasteiger partial charge in [-0.2, -0.15) is 5.10 Å². The minimum atomic E-state index is -1.10. The smallest absolute Gasteiger partial charge is 0.242 e. The first-order valence-corrected chi connectivity index (χ1v) is 9.77. The second-order valence-corrected chi connectivity index (χ2v) is 7.79. The summed E-state index contributed by atoms with van der Waals surface area (Å²) in [5.41, 5.74) is 4.15. The highest BCUT2D eigenvalue weighted by molar-refractivity contribution is 5.44. The van der Waals surface area contributed by atoms with Gasteiger partial charge < -0.3 is 10.2 Å². The van der Waals surface area contributed by atoms with Gasteiger partial charge in [0.2, 0.25) is 5.43 Å². The van der Waals surface area contributed by atoms with Crippen LogP contribution in [0.3, 0.4) is 0 Å². The topological polar surface area (TPSA) is 91.5 Å². The summed E-state index contributed by atoms with van der Waals surface area (Å²) in [6.45, 7) is 0.499. The number of benzene rings is 1. The molecule has 0 amide bonds. The number of hydrogen-bond donors (Lipinski definition) is 2. The van der Waals surface area contributed by atoms with E-state index >= 15 is 0 Å². The third kappa shape index (κ3) is 2.77. The summed E-state index contributed by atoms with van der Waals surface area (Å²) < 4.78 is 1.62. The van der Waals surface area contributed by atoms with Crippen LogP contribution in [0.1, 0.15) is 46.3 Å². The molecule has 5 rings (SSSR count). The van der Waals surface area contributed by atoms with Gasteiger partial charge in [-0.1, -0.05) is 30.3 Å². The van der Waals surface area contributed by atoms with Crippen LogP contribution in [0, 0.1) is 0 Å². The van der Waals surface area contributed by atoms with Crippen molar-refractivity contribution in [1.82, 2.24) is 19.7 Å². The summed E-state index contributed by atoms with van der Waals surface area (Å²) in [5, 5.41) is 25.4. The zero-order valence-corrected chi connectivity index (χ0v) is 16.1. The van der Waals surface area contributed by atoms with E-state index in [0.717, 1.165) is 24.7 Å². The van der Waals surface area contributed by atoms with Crippen molar-refractivity contribution in [2.45, 2.75) is 31.0 Å². The molecule has 7 heteroatoms. The molecule has 2 aliphatic rings. The summed E-state index contributed by atoms with van der Waals surface area (Å²) in [4.78, 5) is 18.5. The zero-order chi connectivity index (χ0) is 20.1. The summed E-state index contributed by atoms with van der Waals surface area (Å²) in [6, 6.07) is 12.2. The van der Waals surface area contributed by atoms with Gasteiger partial charge in [0.1, 0.15) is 5.69 Å². The Morgan fingerprint density at radius 3 is 2.72 bits per heavy atom. The highest BCUT2D eigenvalue weighted by Gasteiger charge is 2.40. The maximum Gasteiger partial charge on any atom is 0.242 e. The second kappa shape index (κ2) is 6.79. The molecule has 3 atom stereocenters. The van der Waals surface area contributed by atoms with E-state index in [4.69, 9.17) is 4.98 Å². The van der Waals surface area contributed by atoms with Gasteiger partial charge >= 0.3 is 0 Å². The number of rotatable bonds is 1. The number of nitrogens with zero attached hydrogens (tertiary/aromatic N) is 4. The van der Waals surface area contributed by atoms with E-state index in [1.807, 2.05) is 18.2 Å². The van der Waals surface area contributed by atoms with Crippen LogP contribution in [-0.2, 0) is 12.8 Å². The number of pyridine rings is 1. The molecule has 1 aliphatic heterocycles. The van der Waals surface area contributed by atoms with Gasteiger partial charge in [-0.3, -0.25) is 19.4 Å². The monoisotopic (exact) mass is 390 g/mol. The van der Waals surface area contributed by atoms with Crippen molar-refractivity contribution in [3.8, 4) is 5.75 Å². The second-order valence-electron chi connectivity index (χ2n) is 7.79. The third-order valence-corrected chi connectivity index (χ3v) is 6.13. The molecule has 3 unspecified atom stereocenters. The average molecular weight is 390 g/mol. The first-order valence-electron chi connectivity index (χ1n) is 9.77. The quantitative estimate of drug-likeness (QED) is 0.658. The van der Waals surface area contributed by atoms with Crippen LogP contribution < -0.4 is 5.43 Å². The van der Waals surface area contributed by atoms with Crippen molar-refractivity contribution in [3.05, 3.63) is 87.1 Å². The average Bonchev–Trinajstić information content (AvgIpc) is 2.90. The molecule has 0 spiro atoms. The van der Waals surface area contributed by atoms with Crippen molar-refractivity contribution in [2.24, 2.45) is 0 Å². The predicted octanol–water partition coefficient (Wildman–Crippen LogP) is 1.75. The van der Waals surface area contributed by atoms with Crippen LogP contribution in [-0.4, -0.2) is 43.5 Å². The summed E-state index contributed by atoms with van der Waals surface area (Å²) in [5.74, 6) is -0.569. The molecule has 0 saturated heterocycles. The fraction of sp³-hybridized carbons (Fsp3) is 0.318. The molecule has 0 saturated carbocycles. The summed E-state index contributed by atoms with van der Waals surface area (Å²) in [6.07, 6.45) is 3.64. The number of fused-ring (bicyclic) bond motifs is 3. The van der Waals surface area contributed by atoms with Gasteiger partial charge in [0.15, 0.2) is 12.0 Å². The molecule has 0 fully saturated rings. The Bertz CT molecular complexity index is 1100. The van der Waals surface area contributed by atoms with E-state index < -0.39 is 17.4 Å². The van der Waals surface area contributed by atoms with E-state index in [9.17, 15) is 15.0 Å². The van der Waals surface area contributed by atoms with Crippen molar-refractivity contribution in [1.29, 1.82) is 0 Å². The molecule has 3 aromatic rings. The Morgan fingerprint density at radius 1 is 1.10 bits per heavy atom. The molecule has 1 aromatic carbocycles. The summed E-state index contributed by atoms with van der Waals surface area (Å²) in [7, 11) is 1.78. The fourth-order valence-corrected chi connectivity index (χ4v) is 4.72. The van der Waals surface area contributed by atoms with Crippen molar-refractivity contribution < 1.29 is 10.2 Å². The largest absolute Gasteiger partial charge is 0.503 e. The number of aromatic hydroxyl groups is 1.